The minimum Gasteiger partial charge on any atom is -0.632 e. The van der Waals surface area contributed by atoms with Gasteiger partial charge in [-0.3, -0.25) is 19.8 Å². The Morgan fingerprint density at radius 3 is 2.20 bits per heavy atom. The van der Waals surface area contributed by atoms with Crippen LogP contribution in [0.5, 0.6) is 11.5 Å². The van der Waals surface area contributed by atoms with Gasteiger partial charge in [-0.05, 0) is 83.6 Å². The number of anilines is 1. The number of hydrogen-bond donors (Lipinski definition) is 3. The number of hydroxylamine groups is 3. The van der Waals surface area contributed by atoms with Crippen molar-refractivity contribution in [1.82, 2.24) is 15.1 Å². The van der Waals surface area contributed by atoms with E-state index in [1.807, 2.05) is 30.3 Å². The lowest BCUT2D eigenvalue weighted by atomic mass is 9.88. The molecule has 10 heteroatoms. The van der Waals surface area contributed by atoms with Gasteiger partial charge < -0.3 is 29.9 Å². The number of nitrogens with zero attached hydrogens (tertiary/aromatic N) is 3. The van der Waals surface area contributed by atoms with Crippen molar-refractivity contribution in [3.05, 3.63) is 130 Å². The number of benzene rings is 4. The molecule has 4 aromatic carbocycles. The van der Waals surface area contributed by atoms with Gasteiger partial charge in [0, 0.05) is 68.9 Å². The molecule has 0 bridgehead atoms. The van der Waals surface area contributed by atoms with Crippen molar-refractivity contribution < 1.29 is 24.1 Å². The van der Waals surface area contributed by atoms with E-state index in [0.29, 0.717) is 13.0 Å². The molecule has 4 aromatic rings. The molecule has 282 valence electrons. The highest BCUT2D eigenvalue weighted by Crippen LogP contribution is 2.37. The third kappa shape index (κ3) is 8.85. The number of nitrogens with one attached hydrogen (secondary N) is 2. The number of amides is 2. The highest BCUT2D eigenvalue weighted by Gasteiger charge is 2.43. The molecular weight excluding hydrogens is 679 g/mol. The number of piperazine rings is 1. The van der Waals surface area contributed by atoms with E-state index in [4.69, 9.17) is 4.74 Å². The van der Waals surface area contributed by atoms with E-state index in [1.54, 1.807) is 12.1 Å². The Balaban J connectivity index is 0.834. The molecular formula is C44H51N5O5. The van der Waals surface area contributed by atoms with Gasteiger partial charge in [0.15, 0.2) is 6.04 Å². The van der Waals surface area contributed by atoms with E-state index in [0.717, 1.165) is 97.9 Å². The summed E-state index contributed by atoms with van der Waals surface area (Å²) in [6, 6.07) is 31.7. The molecule has 2 saturated heterocycles. The molecule has 2 unspecified atom stereocenters. The second kappa shape index (κ2) is 17.0. The van der Waals surface area contributed by atoms with Crippen molar-refractivity contribution in [2.45, 2.75) is 51.7 Å². The van der Waals surface area contributed by atoms with E-state index in [2.05, 4.69) is 82.0 Å². The molecule has 2 fully saturated rings. The number of allylic oxidation sites excluding steroid dienone is 1. The molecule has 0 aliphatic carbocycles. The number of hydrogen-bond acceptors (Lipinski definition) is 8. The molecule has 3 aliphatic heterocycles. The predicted octanol–water partition coefficient (Wildman–Crippen LogP) is 6.39. The molecule has 2 amide bonds. The van der Waals surface area contributed by atoms with Crippen molar-refractivity contribution in [2.24, 2.45) is 0 Å². The number of fused-ring (bicyclic) bond motifs is 1. The van der Waals surface area contributed by atoms with Crippen LogP contribution in [0.1, 0.15) is 60.4 Å². The topological polar surface area (TPSA) is 117 Å². The number of aromatic hydroxyl groups is 1. The average molecular weight is 730 g/mol. The van der Waals surface area contributed by atoms with E-state index >= 15 is 0 Å². The van der Waals surface area contributed by atoms with Crippen LogP contribution in [-0.4, -0.2) is 89.8 Å². The number of carbonyl (C=O) groups is 2. The lowest BCUT2D eigenvalue weighted by molar-refractivity contribution is -0.916. The largest absolute Gasteiger partial charge is 0.632 e. The number of rotatable bonds is 14. The van der Waals surface area contributed by atoms with Crippen LogP contribution in [-0.2, 0) is 22.7 Å². The van der Waals surface area contributed by atoms with Gasteiger partial charge in [-0.25, -0.2) is 0 Å². The van der Waals surface area contributed by atoms with Gasteiger partial charge in [0.1, 0.15) is 31.2 Å². The fourth-order valence-corrected chi connectivity index (χ4v) is 8.11. The highest BCUT2D eigenvalue weighted by molar-refractivity contribution is 6.00. The Labute approximate surface area is 318 Å². The van der Waals surface area contributed by atoms with Gasteiger partial charge >= 0.3 is 0 Å². The van der Waals surface area contributed by atoms with Crippen LogP contribution in [0.2, 0.25) is 0 Å². The van der Waals surface area contributed by atoms with Gasteiger partial charge in [0.2, 0.25) is 5.91 Å². The summed E-state index contributed by atoms with van der Waals surface area (Å²) in [4.78, 5) is 28.9. The Kier molecular flexibility index (Phi) is 11.7. The van der Waals surface area contributed by atoms with Crippen LogP contribution < -0.4 is 15.4 Å². The van der Waals surface area contributed by atoms with Gasteiger partial charge in [-0.15, -0.1) is 0 Å². The Hall–Kier alpha value is -5.00. The van der Waals surface area contributed by atoms with E-state index in [9.17, 15) is 19.9 Å². The Morgan fingerprint density at radius 2 is 1.52 bits per heavy atom. The Morgan fingerprint density at radius 1 is 0.852 bits per heavy atom. The summed E-state index contributed by atoms with van der Waals surface area (Å²) in [6.45, 7) is 10.2. The van der Waals surface area contributed by atoms with Gasteiger partial charge in [0.25, 0.3) is 5.91 Å². The summed E-state index contributed by atoms with van der Waals surface area (Å²) >= 11 is 0. The number of piperidine rings is 1. The van der Waals surface area contributed by atoms with Crippen molar-refractivity contribution in [3.8, 4) is 11.5 Å². The van der Waals surface area contributed by atoms with E-state index < -0.39 is 16.6 Å². The zero-order valence-electron chi connectivity index (χ0n) is 31.1. The van der Waals surface area contributed by atoms with Gasteiger partial charge in [0.05, 0.1) is 0 Å². The summed E-state index contributed by atoms with van der Waals surface area (Å²) in [7, 11) is 0. The van der Waals surface area contributed by atoms with Gasteiger partial charge in [-0.1, -0.05) is 67.6 Å². The van der Waals surface area contributed by atoms with Crippen LogP contribution >= 0.6 is 0 Å². The van der Waals surface area contributed by atoms with Crippen LogP contribution in [0, 0.1) is 5.21 Å². The lowest BCUT2D eigenvalue weighted by Crippen LogP contribution is -2.58. The van der Waals surface area contributed by atoms with Crippen LogP contribution in [0.4, 0.5) is 5.69 Å². The highest BCUT2D eigenvalue weighted by atomic mass is 16.5. The molecule has 0 radical (unpaired) electrons. The number of quaternary nitrogens is 1. The number of phenolic OH excluding ortho intramolecular Hbond substituents is 1. The van der Waals surface area contributed by atoms with Crippen LogP contribution in [0.25, 0.3) is 11.1 Å². The van der Waals surface area contributed by atoms with E-state index in [1.165, 1.54) is 11.1 Å². The molecule has 0 saturated carbocycles. The first-order valence-electron chi connectivity index (χ1n) is 19.3. The number of phenols is 1. The summed E-state index contributed by atoms with van der Waals surface area (Å²) in [5, 5.41) is 29.4. The molecule has 0 aromatic heterocycles. The predicted molar refractivity (Wildman–Crippen MR) is 212 cm³/mol. The standard InChI is InChI=1S/C44H51N5O5/c1-2-40(32-7-4-3-5-8-32)43(33-10-15-38(50)16-11-33)34-12-17-39(18-13-34)54-28-27-48-25-23-47(24-26-48)22-6-21-45-37-14-9-35-30-49(53,31-36(35)29-37)41-19-20-42(51)46-44(41)52/h3-5,7-18,29,41,45,50H,2,6,19-28,30-31H2,1H3,(H,46,51,52). The summed E-state index contributed by atoms with van der Waals surface area (Å²) < 4.78 is 5.59. The van der Waals surface area contributed by atoms with E-state index in [-0.39, 0.29) is 31.2 Å². The minimum absolute atomic E-state index is 0.223. The first-order chi connectivity index (χ1) is 26.3. The summed E-state index contributed by atoms with van der Waals surface area (Å²) in [5.41, 5.74) is 8.76. The van der Waals surface area contributed by atoms with Crippen LogP contribution in [0.3, 0.4) is 0 Å². The molecule has 0 spiro atoms. The fraction of sp³-hybridized carbons (Fsp3) is 0.364. The third-order valence-electron chi connectivity index (χ3n) is 11.1. The number of ether oxygens (including phenoxy) is 1. The average Bonchev–Trinajstić information content (AvgIpc) is 3.53. The Bertz CT molecular complexity index is 1940. The smallest absolute Gasteiger partial charge is 0.285 e. The molecule has 7 rings (SSSR count). The second-order valence-corrected chi connectivity index (χ2v) is 14.7. The van der Waals surface area contributed by atoms with Crippen molar-refractivity contribution in [2.75, 3.05) is 57.7 Å². The van der Waals surface area contributed by atoms with Crippen molar-refractivity contribution >= 4 is 28.6 Å². The fourth-order valence-electron chi connectivity index (χ4n) is 8.11. The van der Waals surface area contributed by atoms with Crippen molar-refractivity contribution in [1.29, 1.82) is 0 Å². The quantitative estimate of drug-likeness (QED) is 0.0450. The molecule has 2 atom stereocenters. The van der Waals surface area contributed by atoms with Crippen molar-refractivity contribution in [3.63, 3.8) is 0 Å². The number of imide groups is 1. The molecule has 3 heterocycles. The summed E-state index contributed by atoms with van der Waals surface area (Å²) in [5.74, 6) is 0.379. The lowest BCUT2D eigenvalue weighted by Gasteiger charge is -2.45. The number of carbonyl (C=O) groups excluding carboxylic acids is 2. The molecule has 54 heavy (non-hydrogen) atoms. The molecule has 3 aliphatic rings. The maximum atomic E-state index is 13.6. The molecule has 3 N–H and O–H groups in total. The SMILES string of the molecule is CCC(=C(c1ccc(O)cc1)c1ccc(OCCN2CCN(CCCNc3ccc4c(c3)C[N+]([O-])(C3CCC(=O)NC3=O)C4)CC2)cc1)c1ccccc1. The maximum Gasteiger partial charge on any atom is 0.285 e. The maximum absolute atomic E-state index is 13.6. The van der Waals surface area contributed by atoms with Gasteiger partial charge in [-0.2, -0.15) is 0 Å². The van der Waals surface area contributed by atoms with Crippen LogP contribution in [0.15, 0.2) is 97.1 Å². The summed E-state index contributed by atoms with van der Waals surface area (Å²) in [6.07, 6.45) is 2.42. The first kappa shape index (κ1) is 37.3. The second-order valence-electron chi connectivity index (χ2n) is 14.7. The zero-order valence-corrected chi connectivity index (χ0v) is 31.1. The first-order valence-corrected chi connectivity index (χ1v) is 19.3. The minimum atomic E-state index is -0.729. The normalized spacial score (nSPS) is 21.0. The monoisotopic (exact) mass is 729 g/mol. The third-order valence-corrected chi connectivity index (χ3v) is 11.1. The molecule has 10 nitrogen and oxygen atoms in total. The zero-order chi connectivity index (χ0) is 37.5.